The molecule has 6 heteroatoms. The van der Waals surface area contributed by atoms with Crippen LogP contribution in [0.3, 0.4) is 0 Å². The van der Waals surface area contributed by atoms with Gasteiger partial charge in [0, 0.05) is 32.2 Å². The molecule has 1 aliphatic heterocycles. The molecule has 3 N–H and O–H groups in total. The lowest BCUT2D eigenvalue weighted by Crippen LogP contribution is -2.58. The number of aliphatic hydroxyl groups excluding tert-OH is 1. The number of carbonyl (C=O) groups is 1. The third-order valence-corrected chi connectivity index (χ3v) is 7.49. The van der Waals surface area contributed by atoms with E-state index < -0.39 is 0 Å². The number of carbonyl (C=O) groups excluding carboxylic acids is 1. The number of hydrogen-bond donors (Lipinski definition) is 3. The summed E-state index contributed by atoms with van der Waals surface area (Å²) in [6, 6.07) is 0.123. The molecule has 0 aromatic carbocycles. The molecule has 34 heavy (non-hydrogen) atoms. The van der Waals surface area contributed by atoms with Crippen LogP contribution in [-0.4, -0.2) is 59.2 Å². The van der Waals surface area contributed by atoms with Gasteiger partial charge in [0.15, 0.2) is 0 Å². The van der Waals surface area contributed by atoms with E-state index in [0.29, 0.717) is 31.7 Å². The van der Waals surface area contributed by atoms with Crippen LogP contribution in [0.5, 0.6) is 0 Å². The van der Waals surface area contributed by atoms with Gasteiger partial charge in [0.2, 0.25) is 0 Å². The molecule has 1 amide bonds. The van der Waals surface area contributed by atoms with Crippen molar-refractivity contribution < 1.29 is 9.90 Å². The number of nitrogens with zero attached hydrogens (tertiary/aromatic N) is 2. The van der Waals surface area contributed by atoms with Crippen molar-refractivity contribution in [3.05, 3.63) is 47.3 Å². The number of hydrogen-bond acceptors (Lipinski definition) is 5. The molecule has 0 saturated carbocycles. The minimum atomic E-state index is -0.339. The highest BCUT2D eigenvalue weighted by molar-refractivity contribution is 5.94. The number of aliphatic hydroxyl groups is 1. The molecule has 192 valence electrons. The Morgan fingerprint density at radius 2 is 1.94 bits per heavy atom. The molecule has 0 aromatic heterocycles. The van der Waals surface area contributed by atoms with Crippen molar-refractivity contribution in [3.8, 4) is 0 Å². The lowest BCUT2D eigenvalue weighted by atomic mass is 9.80. The molecule has 2 aliphatic rings. The zero-order valence-corrected chi connectivity index (χ0v) is 22.5. The quantitative estimate of drug-likeness (QED) is 0.301. The molecule has 0 aromatic rings. The van der Waals surface area contributed by atoms with Crippen molar-refractivity contribution in [2.24, 2.45) is 5.92 Å². The number of likely N-dealkylation sites (tertiary alicyclic amines) is 1. The van der Waals surface area contributed by atoms with E-state index in [1.165, 1.54) is 5.57 Å². The van der Waals surface area contributed by atoms with E-state index in [-0.39, 0.29) is 23.6 Å². The Morgan fingerprint density at radius 1 is 1.24 bits per heavy atom. The van der Waals surface area contributed by atoms with Gasteiger partial charge in [-0.1, -0.05) is 65.0 Å². The van der Waals surface area contributed by atoms with E-state index in [1.807, 2.05) is 19.1 Å². The van der Waals surface area contributed by atoms with Gasteiger partial charge in [-0.15, -0.1) is 0 Å². The summed E-state index contributed by atoms with van der Waals surface area (Å²) >= 11 is 0. The van der Waals surface area contributed by atoms with Gasteiger partial charge in [0.1, 0.15) is 5.82 Å². The summed E-state index contributed by atoms with van der Waals surface area (Å²) < 4.78 is 0. The number of allylic oxidation sites excluding steroid dienone is 5. The fourth-order valence-electron chi connectivity index (χ4n) is 5.28. The highest BCUT2D eigenvalue weighted by atomic mass is 16.3. The Balaban J connectivity index is 2.51. The Bertz CT molecular complexity index is 792. The molecule has 0 spiro atoms. The Kier molecular flexibility index (Phi) is 10.9. The first kappa shape index (κ1) is 28.2. The first-order valence-electron chi connectivity index (χ1n) is 13.2. The van der Waals surface area contributed by atoms with Gasteiger partial charge in [0.25, 0.3) is 5.91 Å². The minimum absolute atomic E-state index is 0.0839. The summed E-state index contributed by atoms with van der Waals surface area (Å²) in [5.41, 5.74) is 5.03. The molecule has 1 saturated heterocycles. The van der Waals surface area contributed by atoms with Gasteiger partial charge in [-0.2, -0.15) is 0 Å². The predicted molar refractivity (Wildman–Crippen MR) is 142 cm³/mol. The van der Waals surface area contributed by atoms with Gasteiger partial charge >= 0.3 is 0 Å². The van der Waals surface area contributed by atoms with Gasteiger partial charge < -0.3 is 15.3 Å². The lowest BCUT2D eigenvalue weighted by molar-refractivity contribution is -0.140. The second-order valence-corrected chi connectivity index (χ2v) is 10.1. The Labute approximate surface area is 207 Å². The monoisotopic (exact) mass is 472 g/mol. The van der Waals surface area contributed by atoms with Crippen LogP contribution in [0.25, 0.3) is 0 Å². The second kappa shape index (κ2) is 13.1. The van der Waals surface area contributed by atoms with E-state index in [2.05, 4.69) is 80.6 Å². The second-order valence-electron chi connectivity index (χ2n) is 10.1. The van der Waals surface area contributed by atoms with Crippen molar-refractivity contribution in [2.45, 2.75) is 97.2 Å². The van der Waals surface area contributed by atoms with Crippen molar-refractivity contribution in [3.63, 3.8) is 0 Å². The first-order valence-corrected chi connectivity index (χ1v) is 13.2. The summed E-state index contributed by atoms with van der Waals surface area (Å²) in [7, 11) is 3.85. The summed E-state index contributed by atoms with van der Waals surface area (Å²) in [5.74, 6) is 1.43. The summed E-state index contributed by atoms with van der Waals surface area (Å²) in [6.45, 7) is 11.4. The van der Waals surface area contributed by atoms with Crippen LogP contribution in [0.2, 0.25) is 0 Å². The Morgan fingerprint density at radius 3 is 2.53 bits per heavy atom. The van der Waals surface area contributed by atoms with Gasteiger partial charge in [-0.05, 0) is 56.4 Å². The van der Waals surface area contributed by atoms with E-state index in [1.54, 1.807) is 0 Å². The zero-order chi connectivity index (χ0) is 25.3. The van der Waals surface area contributed by atoms with Crippen molar-refractivity contribution in [2.75, 3.05) is 20.6 Å². The SMILES string of the molecule is CC/C(C(=O)N1CCC(O)CC1(CC)CC)=C(/N[C@H](CC(C)C)C1=CC=CC=CC1)N(C)NC. The smallest absolute Gasteiger partial charge is 0.253 e. The first-order chi connectivity index (χ1) is 16.2. The van der Waals surface area contributed by atoms with Crippen LogP contribution in [0.4, 0.5) is 0 Å². The standard InChI is InChI=1S/C28H48N4O2/c1-8-24(27(34)32-18-17-23(33)20-28(32,9-2)10-3)26(31(7)29-6)30-25(19-21(4)5)22-15-13-11-12-14-16-22/h11-15,21,23,25,29-30,33H,8-10,16-20H2,1-7H3/b26-24+/t23?,25-/m1/s1. The number of rotatable bonds is 11. The number of piperidine rings is 1. The van der Waals surface area contributed by atoms with E-state index in [0.717, 1.165) is 37.1 Å². The van der Waals surface area contributed by atoms with E-state index >= 15 is 0 Å². The normalized spacial score (nSPS) is 21.6. The average Bonchev–Trinajstić information content (AvgIpc) is 3.11. The molecule has 0 bridgehead atoms. The molecule has 1 aliphatic carbocycles. The molecule has 1 fully saturated rings. The molecule has 1 unspecified atom stereocenters. The maximum atomic E-state index is 14.1. The fraction of sp³-hybridized carbons (Fsp3) is 0.679. The van der Waals surface area contributed by atoms with Gasteiger partial charge in [0.05, 0.1) is 11.7 Å². The van der Waals surface area contributed by atoms with Crippen molar-refractivity contribution in [1.82, 2.24) is 20.7 Å². The highest BCUT2D eigenvalue weighted by Crippen LogP contribution is 2.36. The Hall–Kier alpha value is -2.05. The van der Waals surface area contributed by atoms with Crippen LogP contribution in [-0.2, 0) is 4.79 Å². The van der Waals surface area contributed by atoms with Crippen LogP contribution < -0.4 is 10.7 Å². The average molecular weight is 473 g/mol. The molecule has 6 nitrogen and oxygen atoms in total. The number of amides is 1. The van der Waals surface area contributed by atoms with E-state index in [9.17, 15) is 9.90 Å². The highest BCUT2D eigenvalue weighted by Gasteiger charge is 2.43. The van der Waals surface area contributed by atoms with Crippen LogP contribution in [0.15, 0.2) is 47.3 Å². The third-order valence-electron chi connectivity index (χ3n) is 7.49. The number of hydrazine groups is 1. The molecule has 2 atom stereocenters. The summed E-state index contributed by atoms with van der Waals surface area (Å²) in [6.07, 6.45) is 15.8. The van der Waals surface area contributed by atoms with Crippen LogP contribution in [0, 0.1) is 5.92 Å². The molecular formula is C28H48N4O2. The summed E-state index contributed by atoms with van der Waals surface area (Å²) in [4.78, 5) is 16.2. The lowest BCUT2D eigenvalue weighted by Gasteiger charge is -2.49. The number of nitrogens with one attached hydrogen (secondary N) is 2. The van der Waals surface area contributed by atoms with Crippen LogP contribution in [0.1, 0.15) is 79.6 Å². The fourth-order valence-corrected chi connectivity index (χ4v) is 5.28. The third kappa shape index (κ3) is 6.76. The minimum Gasteiger partial charge on any atom is -0.393 e. The predicted octanol–water partition coefficient (Wildman–Crippen LogP) is 4.66. The van der Waals surface area contributed by atoms with Crippen molar-refractivity contribution >= 4 is 5.91 Å². The topological polar surface area (TPSA) is 67.8 Å². The molecule has 1 heterocycles. The molecular weight excluding hydrogens is 424 g/mol. The van der Waals surface area contributed by atoms with Crippen LogP contribution >= 0.6 is 0 Å². The van der Waals surface area contributed by atoms with Crippen molar-refractivity contribution in [1.29, 1.82) is 0 Å². The maximum Gasteiger partial charge on any atom is 0.253 e. The molecule has 0 radical (unpaired) electrons. The van der Waals surface area contributed by atoms with E-state index in [4.69, 9.17) is 0 Å². The zero-order valence-electron chi connectivity index (χ0n) is 22.5. The largest absolute Gasteiger partial charge is 0.393 e. The van der Waals surface area contributed by atoms with Gasteiger partial charge in [-0.3, -0.25) is 9.80 Å². The summed E-state index contributed by atoms with van der Waals surface area (Å²) in [5, 5.41) is 16.1. The van der Waals surface area contributed by atoms with Gasteiger partial charge in [-0.25, -0.2) is 5.43 Å². The molecule has 2 rings (SSSR count). The maximum absolute atomic E-state index is 14.1.